The molecule has 0 bridgehead atoms. The molecule has 6 atom stereocenters. The molecule has 202 valence electrons. The van der Waals surface area contributed by atoms with E-state index in [1.165, 1.54) is 30.4 Å². The lowest BCUT2D eigenvalue weighted by Crippen LogP contribution is -2.43. The van der Waals surface area contributed by atoms with Crippen LogP contribution in [0.3, 0.4) is 0 Å². The molecule has 1 heterocycles. The van der Waals surface area contributed by atoms with Gasteiger partial charge in [0.25, 0.3) is 0 Å². The highest BCUT2D eigenvalue weighted by Gasteiger charge is 2.54. The summed E-state index contributed by atoms with van der Waals surface area (Å²) < 4.78 is 0. The fourth-order valence-corrected chi connectivity index (χ4v) is 7.80. The second-order valence-corrected chi connectivity index (χ2v) is 12.1. The van der Waals surface area contributed by atoms with Crippen LogP contribution in [-0.2, 0) is 6.42 Å². The van der Waals surface area contributed by atoms with Crippen LogP contribution < -0.4 is 4.90 Å². The Kier molecular flexibility index (Phi) is 7.26. The number of alkyl halides is 1. The van der Waals surface area contributed by atoms with E-state index in [0.29, 0.717) is 17.6 Å². The van der Waals surface area contributed by atoms with E-state index in [2.05, 4.69) is 30.1 Å². The molecule has 0 saturated heterocycles. The van der Waals surface area contributed by atoms with Gasteiger partial charge in [-0.2, -0.15) is 0 Å². The first-order valence-corrected chi connectivity index (χ1v) is 14.7. The van der Waals surface area contributed by atoms with E-state index in [1.54, 1.807) is 0 Å². The number of phenolic OH excluding ortho intramolecular Hbond substituents is 1. The number of aliphatic imine (C=N–C) groups is 1. The lowest BCUT2D eigenvalue weighted by molar-refractivity contribution is -0.0226. The van der Waals surface area contributed by atoms with Crippen molar-refractivity contribution in [2.45, 2.75) is 63.1 Å². The Morgan fingerprint density at radius 1 is 0.923 bits per heavy atom. The van der Waals surface area contributed by atoms with Crippen molar-refractivity contribution in [3.8, 4) is 5.75 Å². The lowest BCUT2D eigenvalue weighted by Gasteiger charge is -2.50. The minimum absolute atomic E-state index is 0.0883. The maximum atomic E-state index is 10.4. The molecule has 4 aliphatic rings. The minimum atomic E-state index is -0.394. The van der Waals surface area contributed by atoms with Crippen molar-refractivity contribution < 1.29 is 10.2 Å². The summed E-state index contributed by atoms with van der Waals surface area (Å²) >= 11 is 6.25. The summed E-state index contributed by atoms with van der Waals surface area (Å²) in [6.07, 6.45) is 10.6. The third-order valence-electron chi connectivity index (χ3n) is 9.67. The van der Waals surface area contributed by atoms with E-state index in [-0.39, 0.29) is 11.5 Å². The van der Waals surface area contributed by atoms with Crippen molar-refractivity contribution >= 4 is 29.1 Å². The lowest BCUT2D eigenvalue weighted by atomic mass is 9.55. The molecule has 4 nitrogen and oxygen atoms in total. The predicted molar refractivity (Wildman–Crippen MR) is 160 cm³/mol. The number of hydrogen-bond acceptors (Lipinski definition) is 4. The van der Waals surface area contributed by atoms with Gasteiger partial charge in [0.2, 0.25) is 5.62 Å². The molecule has 1 aliphatic heterocycles. The van der Waals surface area contributed by atoms with Crippen molar-refractivity contribution in [1.82, 2.24) is 0 Å². The Bertz CT molecular complexity index is 1360. The molecule has 3 aromatic rings. The van der Waals surface area contributed by atoms with Crippen LogP contribution in [0, 0.1) is 17.3 Å². The molecule has 3 aromatic carbocycles. The number of halogens is 1. The van der Waals surface area contributed by atoms with Gasteiger partial charge in [-0.05, 0) is 103 Å². The monoisotopic (exact) mass is 540 g/mol. The van der Waals surface area contributed by atoms with Gasteiger partial charge in [-0.1, -0.05) is 73.1 Å². The highest BCUT2D eigenvalue weighted by molar-refractivity contribution is 6.24. The van der Waals surface area contributed by atoms with Crippen molar-refractivity contribution in [2.24, 2.45) is 22.2 Å². The first kappa shape index (κ1) is 26.2. The van der Waals surface area contributed by atoms with Gasteiger partial charge in [-0.3, -0.25) is 4.99 Å². The van der Waals surface area contributed by atoms with Crippen molar-refractivity contribution in [3.63, 3.8) is 0 Å². The van der Waals surface area contributed by atoms with Crippen LogP contribution in [0.25, 0.3) is 5.57 Å². The second kappa shape index (κ2) is 10.8. The fourth-order valence-electron chi connectivity index (χ4n) is 7.58. The molecule has 3 aliphatic carbocycles. The summed E-state index contributed by atoms with van der Waals surface area (Å²) in [6.45, 7) is 2.32. The summed E-state index contributed by atoms with van der Waals surface area (Å²) in [6, 6.07) is 26.1. The SMILES string of the molecule is C[C@]12CC[C@@H]3c4ccc(O)cc4CC[C@H]3[C@@H]1CC[C@@H]2O.ClC1N=CC(c2ccccc2)=CN1c1ccccc1. The van der Waals surface area contributed by atoms with Crippen LogP contribution in [0.2, 0.25) is 0 Å². The van der Waals surface area contributed by atoms with Gasteiger partial charge in [0, 0.05) is 23.7 Å². The Hall–Kier alpha value is -3.08. The number of benzene rings is 3. The topological polar surface area (TPSA) is 56.1 Å². The van der Waals surface area contributed by atoms with Crippen molar-refractivity contribution in [1.29, 1.82) is 0 Å². The average molecular weight is 541 g/mol. The van der Waals surface area contributed by atoms with Gasteiger partial charge >= 0.3 is 0 Å². The number of aliphatic hydroxyl groups is 1. The number of para-hydroxylation sites is 1. The van der Waals surface area contributed by atoms with E-state index in [1.807, 2.05) is 78.0 Å². The van der Waals surface area contributed by atoms with Crippen LogP contribution in [0.1, 0.15) is 61.6 Å². The molecule has 0 aromatic heterocycles. The van der Waals surface area contributed by atoms with Crippen LogP contribution >= 0.6 is 11.6 Å². The number of anilines is 1. The highest BCUT2D eigenvalue weighted by Crippen LogP contribution is 2.60. The second-order valence-electron chi connectivity index (χ2n) is 11.7. The van der Waals surface area contributed by atoms with Gasteiger partial charge in [-0.15, -0.1) is 0 Å². The smallest absolute Gasteiger partial charge is 0.201 e. The molecule has 2 N–H and O–H groups in total. The summed E-state index contributed by atoms with van der Waals surface area (Å²) in [4.78, 5) is 6.31. The number of aromatic hydroxyl groups is 1. The van der Waals surface area contributed by atoms with Gasteiger partial charge in [-0.25, -0.2) is 0 Å². The first-order chi connectivity index (χ1) is 18.9. The standard InChI is InChI=1S/C18H24O2.C16H13ClN2/c1-18-9-8-14-13-5-3-12(19)10-11(13)2-4-15(14)16(18)6-7-17(18)20;17-16-18-11-14(13-7-3-1-4-8-13)12-19(16)15-9-5-2-6-10-15/h3,5,10,14-17,19-20H,2,4,6-9H2,1H3;1-12,16H/t14-,15-,16+,17+,18+;/m1./s1. The number of phenols is 1. The van der Waals surface area contributed by atoms with E-state index in [4.69, 9.17) is 11.6 Å². The zero-order valence-corrected chi connectivity index (χ0v) is 23.2. The number of aryl methyl sites for hydroxylation is 1. The molecule has 2 saturated carbocycles. The molecule has 0 spiro atoms. The third-order valence-corrected chi connectivity index (χ3v) is 9.99. The summed E-state index contributed by atoms with van der Waals surface area (Å²) in [7, 11) is 0. The van der Waals surface area contributed by atoms with E-state index in [0.717, 1.165) is 42.0 Å². The largest absolute Gasteiger partial charge is 0.508 e. The molecule has 0 amide bonds. The van der Waals surface area contributed by atoms with Crippen LogP contribution in [0.15, 0.2) is 90.1 Å². The number of hydrogen-bond donors (Lipinski definition) is 2. The average Bonchev–Trinajstić information content (AvgIpc) is 3.28. The van der Waals surface area contributed by atoms with E-state index >= 15 is 0 Å². The zero-order valence-electron chi connectivity index (χ0n) is 22.5. The number of nitrogens with zero attached hydrogens (tertiary/aromatic N) is 2. The van der Waals surface area contributed by atoms with Crippen LogP contribution in [0.5, 0.6) is 5.75 Å². The zero-order chi connectivity index (χ0) is 27.0. The number of aliphatic hydroxyl groups excluding tert-OH is 1. The third kappa shape index (κ3) is 5.01. The minimum Gasteiger partial charge on any atom is -0.508 e. The van der Waals surface area contributed by atoms with E-state index < -0.39 is 5.62 Å². The van der Waals surface area contributed by atoms with Crippen molar-refractivity contribution in [2.75, 3.05) is 4.90 Å². The van der Waals surface area contributed by atoms with Crippen molar-refractivity contribution in [3.05, 3.63) is 102 Å². The van der Waals surface area contributed by atoms with Gasteiger partial charge < -0.3 is 15.1 Å². The highest BCUT2D eigenvalue weighted by atomic mass is 35.5. The molecule has 7 rings (SSSR count). The Balaban J connectivity index is 0.000000142. The molecule has 39 heavy (non-hydrogen) atoms. The molecular formula is C34H37ClN2O2. The Labute approximate surface area is 236 Å². The quantitative estimate of drug-likeness (QED) is 0.258. The fraction of sp³-hybridized carbons (Fsp3) is 0.382. The normalized spacial score (nSPS) is 30.8. The molecule has 0 radical (unpaired) electrons. The summed E-state index contributed by atoms with van der Waals surface area (Å²) in [5, 5.41) is 20.0. The number of allylic oxidation sites excluding steroid dienone is 1. The van der Waals surface area contributed by atoms with Gasteiger partial charge in [0.15, 0.2) is 0 Å². The molecule has 5 heteroatoms. The molecule has 1 unspecified atom stereocenters. The van der Waals surface area contributed by atoms with Gasteiger partial charge in [0.05, 0.1) is 6.10 Å². The molecule has 2 fully saturated rings. The van der Waals surface area contributed by atoms with Crippen LogP contribution in [0.4, 0.5) is 5.69 Å². The maximum Gasteiger partial charge on any atom is 0.201 e. The van der Waals surface area contributed by atoms with Crippen LogP contribution in [-0.4, -0.2) is 28.2 Å². The number of fused-ring (bicyclic) bond motifs is 5. The first-order valence-electron chi connectivity index (χ1n) is 14.2. The summed E-state index contributed by atoms with van der Waals surface area (Å²) in [5.74, 6) is 2.49. The Morgan fingerprint density at radius 2 is 1.67 bits per heavy atom. The predicted octanol–water partition coefficient (Wildman–Crippen LogP) is 7.75. The Morgan fingerprint density at radius 3 is 2.44 bits per heavy atom. The summed E-state index contributed by atoms with van der Waals surface area (Å²) in [5.41, 5.74) is 5.82. The number of rotatable bonds is 2. The maximum absolute atomic E-state index is 10.4. The van der Waals surface area contributed by atoms with E-state index in [9.17, 15) is 10.2 Å². The van der Waals surface area contributed by atoms with Gasteiger partial charge in [0.1, 0.15) is 5.75 Å². The molecular weight excluding hydrogens is 504 g/mol.